The topological polar surface area (TPSA) is 88.1 Å². The Labute approximate surface area is 188 Å². The van der Waals surface area contributed by atoms with Crippen molar-refractivity contribution in [2.45, 2.75) is 76.5 Å². The van der Waals surface area contributed by atoms with Gasteiger partial charge in [0, 0.05) is 17.0 Å². The second-order valence-electron chi connectivity index (χ2n) is 8.95. The molecule has 10 heteroatoms. The first kappa shape index (κ1) is 21.3. The third kappa shape index (κ3) is 3.40. The number of carbonyl (C=O) groups is 1. The normalized spacial score (nSPS) is 37.7. The van der Waals surface area contributed by atoms with Gasteiger partial charge in [-0.2, -0.15) is 5.01 Å². The number of halogens is 1. The lowest BCUT2D eigenvalue weighted by molar-refractivity contribution is -0.262. The van der Waals surface area contributed by atoms with Crippen LogP contribution in [-0.4, -0.2) is 65.3 Å². The van der Waals surface area contributed by atoms with Crippen molar-refractivity contribution in [3.8, 4) is 0 Å². The van der Waals surface area contributed by atoms with Crippen molar-refractivity contribution in [1.82, 2.24) is 5.01 Å². The Hall–Kier alpha value is -1.56. The molecule has 3 fully saturated rings. The molecule has 1 spiro atoms. The second-order valence-corrected chi connectivity index (χ2v) is 9.86. The van der Waals surface area contributed by atoms with Gasteiger partial charge in [-0.25, -0.2) is 0 Å². The van der Waals surface area contributed by atoms with E-state index in [1.807, 2.05) is 38.1 Å². The SMILES string of the molecule is CC(=O)N1N=C(c2ccc(Br)cc2)O[C@@]12[C@@H]([C@H]1COC(C)(C)O1)O[C@@H]1OC(C)(C)O[C@@H]12. The molecular formula is C21H25BrN2O7. The van der Waals surface area contributed by atoms with Crippen LogP contribution in [0.25, 0.3) is 0 Å². The highest BCUT2D eigenvalue weighted by atomic mass is 79.9. The van der Waals surface area contributed by atoms with Crippen molar-refractivity contribution >= 4 is 27.7 Å². The summed E-state index contributed by atoms with van der Waals surface area (Å²) in [5.41, 5.74) is -0.683. The van der Waals surface area contributed by atoms with Crippen molar-refractivity contribution < 1.29 is 33.2 Å². The van der Waals surface area contributed by atoms with E-state index in [0.29, 0.717) is 5.90 Å². The zero-order valence-corrected chi connectivity index (χ0v) is 19.5. The van der Waals surface area contributed by atoms with Crippen LogP contribution in [0.5, 0.6) is 0 Å². The smallest absolute Gasteiger partial charge is 0.266 e. The summed E-state index contributed by atoms with van der Waals surface area (Å²) in [6.45, 7) is 8.94. The molecule has 5 atom stereocenters. The number of rotatable bonds is 2. The Morgan fingerprint density at radius 1 is 1.06 bits per heavy atom. The minimum Gasteiger partial charge on any atom is -0.441 e. The van der Waals surface area contributed by atoms with Gasteiger partial charge < -0.3 is 28.4 Å². The van der Waals surface area contributed by atoms with Crippen LogP contribution in [0.4, 0.5) is 0 Å². The summed E-state index contributed by atoms with van der Waals surface area (Å²) in [4.78, 5) is 12.8. The quantitative estimate of drug-likeness (QED) is 0.621. The predicted molar refractivity (Wildman–Crippen MR) is 111 cm³/mol. The van der Waals surface area contributed by atoms with Crippen LogP contribution >= 0.6 is 15.9 Å². The number of fused-ring (bicyclic) bond motifs is 2. The number of hydrazone groups is 1. The van der Waals surface area contributed by atoms with Crippen molar-refractivity contribution in [3.63, 3.8) is 0 Å². The molecule has 4 aliphatic heterocycles. The summed E-state index contributed by atoms with van der Waals surface area (Å²) in [6, 6.07) is 7.47. The summed E-state index contributed by atoms with van der Waals surface area (Å²) < 4.78 is 37.7. The molecule has 0 aromatic heterocycles. The highest BCUT2D eigenvalue weighted by molar-refractivity contribution is 9.10. The van der Waals surface area contributed by atoms with Crippen LogP contribution in [0.2, 0.25) is 0 Å². The van der Waals surface area contributed by atoms with Crippen molar-refractivity contribution in [1.29, 1.82) is 0 Å². The van der Waals surface area contributed by atoms with Crippen LogP contribution < -0.4 is 0 Å². The van der Waals surface area contributed by atoms with E-state index in [1.54, 1.807) is 13.8 Å². The van der Waals surface area contributed by atoms with Crippen molar-refractivity contribution in [2.75, 3.05) is 6.61 Å². The molecule has 0 radical (unpaired) electrons. The number of ether oxygens (including phenoxy) is 6. The zero-order chi connectivity index (χ0) is 22.2. The number of hydrogen-bond donors (Lipinski definition) is 0. The maximum absolute atomic E-state index is 12.8. The van der Waals surface area contributed by atoms with Gasteiger partial charge in [-0.1, -0.05) is 15.9 Å². The fourth-order valence-corrected chi connectivity index (χ4v) is 4.77. The maximum atomic E-state index is 12.8. The number of benzene rings is 1. The second kappa shape index (κ2) is 6.97. The zero-order valence-electron chi connectivity index (χ0n) is 18.0. The largest absolute Gasteiger partial charge is 0.441 e. The third-order valence-electron chi connectivity index (χ3n) is 5.69. The maximum Gasteiger partial charge on any atom is 0.266 e. The molecular weight excluding hydrogens is 472 g/mol. The van der Waals surface area contributed by atoms with Gasteiger partial charge in [0.25, 0.3) is 5.72 Å². The van der Waals surface area contributed by atoms with Gasteiger partial charge in [-0.05, 0) is 52.0 Å². The Kier molecular flexibility index (Phi) is 4.79. The molecule has 1 aromatic carbocycles. The van der Waals surface area contributed by atoms with Crippen molar-refractivity contribution in [2.24, 2.45) is 5.10 Å². The highest BCUT2D eigenvalue weighted by Gasteiger charge is 2.74. The molecule has 4 aliphatic rings. The van der Waals surface area contributed by atoms with Gasteiger partial charge in [0.1, 0.15) is 6.10 Å². The van der Waals surface area contributed by atoms with E-state index >= 15 is 0 Å². The minimum absolute atomic E-state index is 0.269. The molecule has 1 aromatic rings. The summed E-state index contributed by atoms with van der Waals surface area (Å²) >= 11 is 3.43. The first-order chi connectivity index (χ1) is 14.5. The van der Waals surface area contributed by atoms with Crippen molar-refractivity contribution in [3.05, 3.63) is 34.3 Å². The van der Waals surface area contributed by atoms with E-state index in [0.717, 1.165) is 10.0 Å². The van der Waals surface area contributed by atoms with Crippen LogP contribution in [0.3, 0.4) is 0 Å². The lowest BCUT2D eigenvalue weighted by Crippen LogP contribution is -2.63. The van der Waals surface area contributed by atoms with Crippen LogP contribution in [0.1, 0.15) is 40.2 Å². The molecule has 0 bridgehead atoms. The van der Waals surface area contributed by atoms with Crippen LogP contribution in [0.15, 0.2) is 33.8 Å². The summed E-state index contributed by atoms with van der Waals surface area (Å²) in [7, 11) is 0. The average Bonchev–Trinajstić information content (AvgIpc) is 3.38. The third-order valence-corrected chi connectivity index (χ3v) is 6.22. The molecule has 4 heterocycles. The molecule has 0 N–H and O–H groups in total. The predicted octanol–water partition coefficient (Wildman–Crippen LogP) is 2.71. The molecule has 168 valence electrons. The molecule has 0 saturated carbocycles. The number of nitrogens with zero attached hydrogens (tertiary/aromatic N) is 2. The van der Waals surface area contributed by atoms with E-state index < -0.39 is 41.9 Å². The fraction of sp³-hybridized carbons (Fsp3) is 0.619. The number of amides is 1. The molecule has 0 aliphatic carbocycles. The standard InChI is InChI=1S/C21H25BrN2O7/c1-11(25)24-21(30-17(23-24)12-6-8-13(22)9-7-12)15(14-10-26-19(2,3)28-14)27-18-16(21)29-20(4,5)31-18/h6-9,14-16,18H,10H2,1-5H3/t14-,15-,16+,18-,21-/m1/s1. The fourth-order valence-electron chi connectivity index (χ4n) is 4.50. The van der Waals surface area contributed by atoms with Gasteiger partial charge in [-0.3, -0.25) is 4.79 Å². The highest BCUT2D eigenvalue weighted by Crippen LogP contribution is 2.51. The summed E-state index contributed by atoms with van der Waals surface area (Å²) in [6.07, 6.45) is -2.76. The average molecular weight is 497 g/mol. The Balaban J connectivity index is 1.57. The van der Waals surface area contributed by atoms with E-state index in [4.69, 9.17) is 28.4 Å². The van der Waals surface area contributed by atoms with Gasteiger partial charge in [0.2, 0.25) is 11.8 Å². The Morgan fingerprint density at radius 3 is 2.39 bits per heavy atom. The lowest BCUT2D eigenvalue weighted by atomic mass is 9.97. The molecule has 31 heavy (non-hydrogen) atoms. The molecule has 9 nitrogen and oxygen atoms in total. The Bertz CT molecular complexity index is 934. The number of carbonyl (C=O) groups excluding carboxylic acids is 1. The monoisotopic (exact) mass is 496 g/mol. The summed E-state index contributed by atoms with van der Waals surface area (Å²) in [5, 5.41) is 5.84. The number of hydrogen-bond acceptors (Lipinski definition) is 8. The molecule has 5 rings (SSSR count). The van der Waals surface area contributed by atoms with E-state index in [1.165, 1.54) is 11.9 Å². The molecule has 0 unspecified atom stereocenters. The van der Waals surface area contributed by atoms with Gasteiger partial charge >= 0.3 is 0 Å². The minimum atomic E-state index is -1.40. The summed E-state index contributed by atoms with van der Waals surface area (Å²) in [5.74, 6) is -1.72. The van der Waals surface area contributed by atoms with Gasteiger partial charge in [-0.15, -0.1) is 5.10 Å². The molecule has 1 amide bonds. The molecule has 3 saturated heterocycles. The lowest BCUT2D eigenvalue weighted by Gasteiger charge is -2.39. The van der Waals surface area contributed by atoms with Gasteiger partial charge in [0.15, 0.2) is 30.1 Å². The van der Waals surface area contributed by atoms with Crippen LogP contribution in [0, 0.1) is 0 Å². The van der Waals surface area contributed by atoms with Gasteiger partial charge in [0.05, 0.1) is 6.61 Å². The first-order valence-electron chi connectivity index (χ1n) is 10.2. The van der Waals surface area contributed by atoms with E-state index in [9.17, 15) is 4.79 Å². The van der Waals surface area contributed by atoms with Crippen LogP contribution in [-0.2, 0) is 33.2 Å². The first-order valence-corrected chi connectivity index (χ1v) is 11.0. The Morgan fingerprint density at radius 2 is 1.77 bits per heavy atom. The van der Waals surface area contributed by atoms with E-state index in [2.05, 4.69) is 21.0 Å². The van der Waals surface area contributed by atoms with E-state index in [-0.39, 0.29) is 12.5 Å².